The Kier molecular flexibility index (Phi) is 7.59. The van der Waals surface area contributed by atoms with Crippen LogP contribution in [0.25, 0.3) is 0 Å². The smallest absolute Gasteiger partial charge is 0.0337 e. The minimum Gasteiger partial charge on any atom is -0.318 e. The van der Waals surface area contributed by atoms with E-state index in [1.54, 1.807) is 0 Å². The van der Waals surface area contributed by atoms with Gasteiger partial charge in [-0.05, 0) is 12.6 Å². The summed E-state index contributed by atoms with van der Waals surface area (Å²) in [6, 6.07) is 10.7. The van der Waals surface area contributed by atoms with Gasteiger partial charge in [0.1, 0.15) is 0 Å². The molecule has 0 bridgehead atoms. The highest BCUT2D eigenvalue weighted by Crippen LogP contribution is 1.96. The van der Waals surface area contributed by atoms with Crippen LogP contribution in [-0.4, -0.2) is 13.1 Å². The summed E-state index contributed by atoms with van der Waals surface area (Å²) in [4.78, 5) is 0. The summed E-state index contributed by atoms with van der Waals surface area (Å²) in [6.45, 7) is 4.22. The molecule has 1 heteroatoms. The molecule has 1 nitrogen and oxygen atoms in total. The number of benzene rings is 1. The summed E-state index contributed by atoms with van der Waals surface area (Å²) in [5.74, 6) is 2.58. The van der Waals surface area contributed by atoms with Crippen molar-refractivity contribution in [1.29, 1.82) is 0 Å². The van der Waals surface area contributed by atoms with E-state index in [0.717, 1.165) is 6.42 Å². The Bertz CT molecular complexity index is 256. The Labute approximate surface area is 87.5 Å². The van der Waals surface area contributed by atoms with E-state index < -0.39 is 0 Å². The zero-order valence-corrected chi connectivity index (χ0v) is 9.25. The van der Waals surface area contributed by atoms with E-state index in [1.165, 1.54) is 5.56 Å². The molecule has 0 aliphatic carbocycles. The standard InChI is InChI=1S/C9H8.C4H11N/c1-2-6-9-7-4-3-5-8-9;1-4(2)5-3/h1,3-5,7-8H,6H2;4-5H,1-3H3. The monoisotopic (exact) mass is 189 g/mol. The Morgan fingerprint density at radius 3 is 2.14 bits per heavy atom. The molecule has 0 spiro atoms. The third-order valence-electron chi connectivity index (χ3n) is 1.73. The van der Waals surface area contributed by atoms with Crippen LogP contribution in [0.15, 0.2) is 30.3 Å². The van der Waals surface area contributed by atoms with Crippen LogP contribution in [0.5, 0.6) is 0 Å². The highest BCUT2D eigenvalue weighted by Gasteiger charge is 1.82. The predicted octanol–water partition coefficient (Wildman–Crippen LogP) is 2.48. The van der Waals surface area contributed by atoms with E-state index in [1.807, 2.05) is 37.4 Å². The van der Waals surface area contributed by atoms with Gasteiger partial charge >= 0.3 is 0 Å². The lowest BCUT2D eigenvalue weighted by Gasteiger charge is -1.95. The van der Waals surface area contributed by atoms with E-state index in [2.05, 4.69) is 25.1 Å². The van der Waals surface area contributed by atoms with E-state index in [-0.39, 0.29) is 0 Å². The zero-order valence-electron chi connectivity index (χ0n) is 9.25. The zero-order chi connectivity index (χ0) is 10.8. The molecule has 0 saturated heterocycles. The van der Waals surface area contributed by atoms with Crippen molar-refractivity contribution >= 4 is 0 Å². The molecule has 0 saturated carbocycles. The van der Waals surface area contributed by atoms with E-state index in [4.69, 9.17) is 6.42 Å². The SMILES string of the molecule is C#CCc1ccccc1.CNC(C)C. The summed E-state index contributed by atoms with van der Waals surface area (Å²) in [7, 11) is 1.95. The predicted molar refractivity (Wildman–Crippen MR) is 63.2 cm³/mol. The molecule has 1 rings (SSSR count). The topological polar surface area (TPSA) is 12.0 Å². The van der Waals surface area contributed by atoms with Gasteiger partial charge in [-0.3, -0.25) is 0 Å². The fourth-order valence-electron chi connectivity index (χ4n) is 0.714. The quantitative estimate of drug-likeness (QED) is 0.705. The van der Waals surface area contributed by atoms with Gasteiger partial charge in [0, 0.05) is 12.5 Å². The van der Waals surface area contributed by atoms with Crippen LogP contribution < -0.4 is 5.32 Å². The maximum atomic E-state index is 5.11. The molecule has 1 aromatic carbocycles. The third-order valence-corrected chi connectivity index (χ3v) is 1.73. The van der Waals surface area contributed by atoms with Gasteiger partial charge < -0.3 is 5.32 Å². The van der Waals surface area contributed by atoms with Crippen molar-refractivity contribution in [2.24, 2.45) is 0 Å². The molecular weight excluding hydrogens is 170 g/mol. The second kappa shape index (κ2) is 8.34. The molecule has 76 valence electrons. The lowest BCUT2D eigenvalue weighted by Crippen LogP contribution is -2.15. The number of hydrogen-bond acceptors (Lipinski definition) is 1. The second-order valence-corrected chi connectivity index (χ2v) is 3.31. The molecule has 0 aromatic heterocycles. The molecule has 14 heavy (non-hydrogen) atoms. The molecule has 1 aromatic rings. The Morgan fingerprint density at radius 2 is 1.79 bits per heavy atom. The Morgan fingerprint density at radius 1 is 1.29 bits per heavy atom. The lowest BCUT2D eigenvalue weighted by atomic mass is 10.2. The van der Waals surface area contributed by atoms with Gasteiger partial charge in [-0.25, -0.2) is 0 Å². The molecule has 0 heterocycles. The minimum atomic E-state index is 0.634. The molecular formula is C13H19N. The van der Waals surface area contributed by atoms with Crippen LogP contribution in [0.4, 0.5) is 0 Å². The van der Waals surface area contributed by atoms with Gasteiger partial charge in [0.05, 0.1) is 0 Å². The largest absolute Gasteiger partial charge is 0.318 e. The maximum Gasteiger partial charge on any atom is 0.0337 e. The summed E-state index contributed by atoms with van der Waals surface area (Å²) >= 11 is 0. The molecule has 0 aliphatic heterocycles. The normalized spacial score (nSPS) is 8.79. The molecule has 0 amide bonds. The van der Waals surface area contributed by atoms with Crippen molar-refractivity contribution in [1.82, 2.24) is 5.32 Å². The highest BCUT2D eigenvalue weighted by atomic mass is 14.8. The number of nitrogens with one attached hydrogen (secondary N) is 1. The van der Waals surface area contributed by atoms with Gasteiger partial charge in [-0.15, -0.1) is 12.3 Å². The van der Waals surface area contributed by atoms with E-state index in [0.29, 0.717) is 6.04 Å². The van der Waals surface area contributed by atoms with Crippen LogP contribution in [-0.2, 0) is 6.42 Å². The summed E-state index contributed by atoms with van der Waals surface area (Å²) in [5, 5.41) is 3.03. The van der Waals surface area contributed by atoms with Crippen molar-refractivity contribution in [3.05, 3.63) is 35.9 Å². The van der Waals surface area contributed by atoms with E-state index in [9.17, 15) is 0 Å². The summed E-state index contributed by atoms with van der Waals surface area (Å²) in [6.07, 6.45) is 5.85. The van der Waals surface area contributed by atoms with Gasteiger partial charge in [0.2, 0.25) is 0 Å². The molecule has 1 N–H and O–H groups in total. The van der Waals surface area contributed by atoms with Crippen molar-refractivity contribution in [3.8, 4) is 12.3 Å². The van der Waals surface area contributed by atoms with Gasteiger partial charge in [0.15, 0.2) is 0 Å². The number of terminal acetylenes is 1. The summed E-state index contributed by atoms with van der Waals surface area (Å²) < 4.78 is 0. The fourth-order valence-corrected chi connectivity index (χ4v) is 0.714. The molecule has 0 fully saturated rings. The molecule has 0 atom stereocenters. The number of rotatable bonds is 2. The minimum absolute atomic E-state index is 0.634. The fraction of sp³-hybridized carbons (Fsp3) is 0.385. The lowest BCUT2D eigenvalue weighted by molar-refractivity contribution is 0.668. The first-order valence-corrected chi connectivity index (χ1v) is 4.85. The average molecular weight is 189 g/mol. The van der Waals surface area contributed by atoms with Gasteiger partial charge in [-0.1, -0.05) is 44.2 Å². The van der Waals surface area contributed by atoms with Gasteiger partial charge in [-0.2, -0.15) is 0 Å². The first kappa shape index (κ1) is 12.7. The second-order valence-electron chi connectivity index (χ2n) is 3.31. The van der Waals surface area contributed by atoms with Crippen LogP contribution in [0, 0.1) is 12.3 Å². The average Bonchev–Trinajstić information content (AvgIpc) is 2.21. The van der Waals surface area contributed by atoms with Crippen LogP contribution in [0.3, 0.4) is 0 Å². The summed E-state index contributed by atoms with van der Waals surface area (Å²) in [5.41, 5.74) is 1.21. The van der Waals surface area contributed by atoms with Crippen LogP contribution in [0.2, 0.25) is 0 Å². The van der Waals surface area contributed by atoms with Crippen molar-refractivity contribution in [3.63, 3.8) is 0 Å². The maximum absolute atomic E-state index is 5.11. The van der Waals surface area contributed by atoms with E-state index >= 15 is 0 Å². The first-order chi connectivity index (χ1) is 6.70. The molecule has 0 radical (unpaired) electrons. The highest BCUT2D eigenvalue weighted by molar-refractivity contribution is 5.18. The van der Waals surface area contributed by atoms with Gasteiger partial charge in [0.25, 0.3) is 0 Å². The number of hydrogen-bond donors (Lipinski definition) is 1. The first-order valence-electron chi connectivity index (χ1n) is 4.85. The third kappa shape index (κ3) is 7.39. The molecule has 0 unspecified atom stereocenters. The molecule has 0 aliphatic rings. The van der Waals surface area contributed by atoms with Crippen LogP contribution >= 0.6 is 0 Å². The Balaban J connectivity index is 0.000000292. The Hall–Kier alpha value is -1.26. The van der Waals surface area contributed by atoms with Crippen molar-refractivity contribution in [2.45, 2.75) is 26.3 Å². The van der Waals surface area contributed by atoms with Crippen LogP contribution in [0.1, 0.15) is 19.4 Å². The van der Waals surface area contributed by atoms with Crippen molar-refractivity contribution < 1.29 is 0 Å². The van der Waals surface area contributed by atoms with Crippen molar-refractivity contribution in [2.75, 3.05) is 7.05 Å².